The van der Waals surface area contributed by atoms with E-state index in [-0.39, 0.29) is 4.87 Å². The molecule has 1 aromatic heterocycles. The van der Waals surface area contributed by atoms with Gasteiger partial charge < -0.3 is 0 Å². The Morgan fingerprint density at radius 3 is 2.71 bits per heavy atom. The molecule has 2 nitrogen and oxygen atoms in total. The van der Waals surface area contributed by atoms with Crippen molar-refractivity contribution in [2.45, 2.75) is 32.2 Å². The molecule has 0 aliphatic heterocycles. The zero-order valence-electron chi connectivity index (χ0n) is 9.69. The number of benzene rings is 1. The van der Waals surface area contributed by atoms with E-state index in [1.54, 1.807) is 0 Å². The minimum atomic E-state index is 0.173. The summed E-state index contributed by atoms with van der Waals surface area (Å²) in [7, 11) is 0. The van der Waals surface area contributed by atoms with Crippen LogP contribution in [0.15, 0.2) is 29.1 Å². The van der Waals surface area contributed by atoms with Gasteiger partial charge in [-0.25, -0.2) is 0 Å². The maximum absolute atomic E-state index is 11.8. The van der Waals surface area contributed by atoms with Gasteiger partial charge in [-0.2, -0.15) is 0 Å². The van der Waals surface area contributed by atoms with E-state index in [0.717, 1.165) is 28.5 Å². The van der Waals surface area contributed by atoms with Gasteiger partial charge in [-0.05, 0) is 25.0 Å². The standard InChI is InChI=1S/C13H16BrNOS/c14-9-5-1-2-6-10-15-11-7-3-4-8-12(11)17-13(15)16/h3-4,7-8H,1-2,5-6,9-10H2. The van der Waals surface area contributed by atoms with Gasteiger partial charge in [0.2, 0.25) is 0 Å². The van der Waals surface area contributed by atoms with E-state index in [1.165, 1.54) is 30.6 Å². The summed E-state index contributed by atoms with van der Waals surface area (Å²) in [6.45, 7) is 0.852. The van der Waals surface area contributed by atoms with Crippen molar-refractivity contribution in [2.24, 2.45) is 0 Å². The van der Waals surface area contributed by atoms with Crippen molar-refractivity contribution in [2.75, 3.05) is 5.33 Å². The quantitative estimate of drug-likeness (QED) is 0.583. The van der Waals surface area contributed by atoms with Crippen molar-refractivity contribution in [3.8, 4) is 0 Å². The van der Waals surface area contributed by atoms with Crippen molar-refractivity contribution in [3.63, 3.8) is 0 Å². The molecule has 2 aromatic rings. The highest BCUT2D eigenvalue weighted by molar-refractivity contribution is 9.09. The predicted molar refractivity (Wildman–Crippen MR) is 78.3 cm³/mol. The van der Waals surface area contributed by atoms with Crippen LogP contribution in [0, 0.1) is 0 Å². The van der Waals surface area contributed by atoms with Gasteiger partial charge in [0.25, 0.3) is 0 Å². The highest BCUT2D eigenvalue weighted by Crippen LogP contribution is 2.17. The van der Waals surface area contributed by atoms with Crippen molar-refractivity contribution in [1.29, 1.82) is 0 Å². The molecule has 0 unspecified atom stereocenters. The number of aryl methyl sites for hydroxylation is 1. The smallest absolute Gasteiger partial charge is 0.299 e. The molecule has 1 aromatic carbocycles. The molecule has 0 amide bonds. The van der Waals surface area contributed by atoms with Crippen molar-refractivity contribution in [1.82, 2.24) is 4.57 Å². The van der Waals surface area contributed by atoms with Crippen LogP contribution < -0.4 is 4.87 Å². The first-order chi connectivity index (χ1) is 8.33. The van der Waals surface area contributed by atoms with Crippen LogP contribution in [0.3, 0.4) is 0 Å². The van der Waals surface area contributed by atoms with Crippen LogP contribution in [0.4, 0.5) is 0 Å². The van der Waals surface area contributed by atoms with Crippen molar-refractivity contribution >= 4 is 37.5 Å². The Hall–Kier alpha value is -0.610. The van der Waals surface area contributed by atoms with E-state index in [0.29, 0.717) is 0 Å². The molecule has 1 heterocycles. The molecule has 0 saturated heterocycles. The van der Waals surface area contributed by atoms with E-state index in [9.17, 15) is 4.79 Å². The Morgan fingerprint density at radius 1 is 1.12 bits per heavy atom. The summed E-state index contributed by atoms with van der Waals surface area (Å²) >= 11 is 4.78. The normalized spacial score (nSPS) is 11.1. The second-order valence-electron chi connectivity index (χ2n) is 4.09. The fraction of sp³-hybridized carbons (Fsp3) is 0.462. The lowest BCUT2D eigenvalue weighted by atomic mass is 10.2. The zero-order valence-corrected chi connectivity index (χ0v) is 12.1. The van der Waals surface area contributed by atoms with Crippen molar-refractivity contribution in [3.05, 3.63) is 33.9 Å². The van der Waals surface area contributed by atoms with Gasteiger partial charge in [0.05, 0.1) is 10.2 Å². The fourth-order valence-electron chi connectivity index (χ4n) is 1.94. The third-order valence-electron chi connectivity index (χ3n) is 2.84. The summed E-state index contributed by atoms with van der Waals surface area (Å²) in [6.07, 6.45) is 4.75. The van der Waals surface area contributed by atoms with E-state index in [4.69, 9.17) is 0 Å². The van der Waals surface area contributed by atoms with E-state index in [1.807, 2.05) is 28.8 Å². The molecule has 0 radical (unpaired) electrons. The number of hydrogen-bond acceptors (Lipinski definition) is 2. The first-order valence-electron chi connectivity index (χ1n) is 5.97. The lowest BCUT2D eigenvalue weighted by Crippen LogP contribution is -2.12. The third kappa shape index (κ3) is 3.19. The molecule has 0 fully saturated rings. The van der Waals surface area contributed by atoms with E-state index in [2.05, 4.69) is 15.9 Å². The topological polar surface area (TPSA) is 22.0 Å². The Morgan fingerprint density at radius 2 is 1.88 bits per heavy atom. The average Bonchev–Trinajstić information content (AvgIpc) is 2.65. The SMILES string of the molecule is O=c1sc2ccccc2n1CCCCCCBr. The molecule has 0 aliphatic rings. The largest absolute Gasteiger partial charge is 0.308 e. The maximum Gasteiger partial charge on any atom is 0.308 e. The van der Waals surface area contributed by atoms with Gasteiger partial charge in [0, 0.05) is 11.9 Å². The number of halogens is 1. The molecule has 0 spiro atoms. The Labute approximate surface area is 113 Å². The molecule has 0 atom stereocenters. The molecular weight excluding hydrogens is 298 g/mol. The van der Waals surface area contributed by atoms with Gasteiger partial charge in [-0.3, -0.25) is 9.36 Å². The molecule has 4 heteroatoms. The minimum absolute atomic E-state index is 0.173. The molecule has 2 rings (SSSR count). The second-order valence-corrected chi connectivity index (χ2v) is 5.88. The van der Waals surface area contributed by atoms with Gasteiger partial charge in [-0.15, -0.1) is 0 Å². The number of aromatic nitrogens is 1. The first kappa shape index (κ1) is 12.8. The lowest BCUT2D eigenvalue weighted by Gasteiger charge is -2.03. The summed E-state index contributed by atoms with van der Waals surface area (Å²) in [5, 5.41) is 1.08. The van der Waals surface area contributed by atoms with Crippen molar-refractivity contribution < 1.29 is 0 Å². The zero-order chi connectivity index (χ0) is 12.1. The number of thiazole rings is 1. The molecular formula is C13H16BrNOS. The molecule has 0 N–H and O–H groups in total. The lowest BCUT2D eigenvalue weighted by molar-refractivity contribution is 0.590. The predicted octanol–water partition coefficient (Wildman–Crippen LogP) is 4.02. The number of fused-ring (bicyclic) bond motifs is 1. The minimum Gasteiger partial charge on any atom is -0.299 e. The van der Waals surface area contributed by atoms with Gasteiger partial charge in [0.1, 0.15) is 0 Å². The number of unbranched alkanes of at least 4 members (excludes halogenated alkanes) is 3. The van der Waals surface area contributed by atoms with Crippen LogP contribution in [0.5, 0.6) is 0 Å². The number of hydrogen-bond donors (Lipinski definition) is 0. The summed E-state index contributed by atoms with van der Waals surface area (Å²) in [6, 6.07) is 8.03. The van der Waals surface area contributed by atoms with Crippen LogP contribution in [0.25, 0.3) is 10.2 Å². The van der Waals surface area contributed by atoms with Crippen LogP contribution in [0.1, 0.15) is 25.7 Å². The van der Waals surface area contributed by atoms with E-state index >= 15 is 0 Å². The summed E-state index contributed by atoms with van der Waals surface area (Å²) in [5.41, 5.74) is 1.09. The number of alkyl halides is 1. The molecule has 0 bridgehead atoms. The highest BCUT2D eigenvalue weighted by atomic mass is 79.9. The van der Waals surface area contributed by atoms with Crippen LogP contribution in [0.2, 0.25) is 0 Å². The number of rotatable bonds is 6. The fourth-order valence-corrected chi connectivity index (χ4v) is 3.26. The summed E-state index contributed by atoms with van der Waals surface area (Å²) in [4.78, 5) is 12.0. The number of nitrogens with zero attached hydrogens (tertiary/aromatic N) is 1. The van der Waals surface area contributed by atoms with Gasteiger partial charge in [0.15, 0.2) is 0 Å². The van der Waals surface area contributed by atoms with Gasteiger partial charge in [-0.1, -0.05) is 52.2 Å². The van der Waals surface area contributed by atoms with Crippen LogP contribution in [-0.4, -0.2) is 9.90 Å². The molecule has 92 valence electrons. The maximum atomic E-state index is 11.8. The summed E-state index contributed by atoms with van der Waals surface area (Å²) in [5.74, 6) is 0. The monoisotopic (exact) mass is 313 g/mol. The number of para-hydroxylation sites is 1. The molecule has 0 aliphatic carbocycles. The van der Waals surface area contributed by atoms with Crippen LogP contribution >= 0.6 is 27.3 Å². The first-order valence-corrected chi connectivity index (χ1v) is 7.91. The Kier molecular flexibility index (Phi) is 4.80. The molecule has 0 saturated carbocycles. The van der Waals surface area contributed by atoms with Gasteiger partial charge >= 0.3 is 4.87 Å². The summed E-state index contributed by atoms with van der Waals surface area (Å²) < 4.78 is 3.01. The van der Waals surface area contributed by atoms with E-state index < -0.39 is 0 Å². The second kappa shape index (κ2) is 6.36. The third-order valence-corrected chi connectivity index (χ3v) is 4.36. The average molecular weight is 314 g/mol. The Balaban J connectivity index is 2.03. The van der Waals surface area contributed by atoms with Crippen LogP contribution in [-0.2, 0) is 6.54 Å². The highest BCUT2D eigenvalue weighted by Gasteiger charge is 2.05. The molecule has 17 heavy (non-hydrogen) atoms. The Bertz CT molecular complexity index is 531.